The van der Waals surface area contributed by atoms with Gasteiger partial charge in [-0.1, -0.05) is 23.2 Å². The molecular formula is C11H17Cl2N2O13P3. The van der Waals surface area contributed by atoms with Crippen LogP contribution in [0.25, 0.3) is 0 Å². The summed E-state index contributed by atoms with van der Waals surface area (Å²) in [4.78, 5) is 44.0. The van der Waals surface area contributed by atoms with Gasteiger partial charge in [-0.05, 0) is 0 Å². The number of ether oxygens (including phenoxy) is 1. The fraction of sp³-hybridized carbons (Fsp3) is 0.636. The first kappa shape index (κ1) is 26.9. The predicted molar refractivity (Wildman–Crippen MR) is 104 cm³/mol. The maximum absolute atomic E-state index is 12.1. The van der Waals surface area contributed by atoms with E-state index in [9.17, 15) is 33.1 Å². The van der Waals surface area contributed by atoms with E-state index in [4.69, 9.17) is 27.9 Å². The molecule has 1 aromatic rings. The van der Waals surface area contributed by atoms with Crippen LogP contribution >= 0.6 is 46.7 Å². The predicted octanol–water partition coefficient (Wildman–Crippen LogP) is 1.65. The van der Waals surface area contributed by atoms with E-state index in [0.717, 1.165) is 23.9 Å². The lowest BCUT2D eigenvalue weighted by atomic mass is 10.2. The van der Waals surface area contributed by atoms with Crippen molar-refractivity contribution in [2.45, 2.75) is 23.1 Å². The zero-order valence-electron chi connectivity index (χ0n) is 15.7. The van der Waals surface area contributed by atoms with Crippen molar-refractivity contribution in [3.8, 4) is 0 Å². The van der Waals surface area contributed by atoms with Crippen LogP contribution in [0.15, 0.2) is 21.9 Å². The summed E-state index contributed by atoms with van der Waals surface area (Å²) in [5.74, 6) is 0. The Morgan fingerprint density at radius 2 is 1.81 bits per heavy atom. The van der Waals surface area contributed by atoms with Crippen molar-refractivity contribution in [3.05, 3.63) is 33.1 Å². The SMILES string of the molecule is COP(=O)(O)OP(=O)(OC)OP(=O)(O)OCC1CC(Cl)(Cl)C(n2ccc(=O)[nH]c2=O)O1. The van der Waals surface area contributed by atoms with Crippen molar-refractivity contribution in [2.24, 2.45) is 0 Å². The third kappa shape index (κ3) is 7.31. The van der Waals surface area contributed by atoms with Gasteiger partial charge in [0.15, 0.2) is 10.6 Å². The van der Waals surface area contributed by atoms with Gasteiger partial charge in [0.1, 0.15) is 0 Å². The van der Waals surface area contributed by atoms with Crippen LogP contribution in [0.2, 0.25) is 0 Å². The van der Waals surface area contributed by atoms with Crippen LogP contribution in [0.3, 0.4) is 0 Å². The molecule has 2 heterocycles. The van der Waals surface area contributed by atoms with Crippen molar-refractivity contribution in [3.63, 3.8) is 0 Å². The number of halogens is 2. The zero-order chi connectivity index (χ0) is 23.7. The molecule has 0 radical (unpaired) electrons. The smallest absolute Gasteiger partial charge is 0.349 e. The van der Waals surface area contributed by atoms with Gasteiger partial charge in [0, 0.05) is 32.9 Å². The molecule has 0 aliphatic carbocycles. The number of H-pyrrole nitrogens is 1. The molecule has 20 heteroatoms. The molecule has 1 aliphatic heterocycles. The van der Waals surface area contributed by atoms with Crippen LogP contribution in [0, 0.1) is 0 Å². The van der Waals surface area contributed by atoms with E-state index in [1.54, 1.807) is 0 Å². The highest BCUT2D eigenvalue weighted by molar-refractivity contribution is 7.67. The van der Waals surface area contributed by atoms with Crippen LogP contribution in [0.5, 0.6) is 0 Å². The molecule has 0 bridgehead atoms. The molecule has 5 unspecified atom stereocenters. The number of hydrogen-bond donors (Lipinski definition) is 3. The highest BCUT2D eigenvalue weighted by Crippen LogP contribution is 2.69. The number of nitrogens with zero attached hydrogens (tertiary/aromatic N) is 1. The standard InChI is InChI=1S/C11H17Cl2N2O13P3/c1-23-29(18,19)27-31(22,24-2)28-30(20,21)25-6-7-5-11(12,13)9(26-7)15-4-3-8(16)14-10(15)17/h3-4,7,9H,5-6H2,1-2H3,(H,18,19)(H,20,21)(H,14,16,17). The Hall–Kier alpha value is -0.370. The summed E-state index contributed by atoms with van der Waals surface area (Å²) in [6.45, 7) is -0.714. The largest absolute Gasteiger partial charge is 0.492 e. The number of alkyl halides is 2. The number of hydrogen-bond acceptors (Lipinski definition) is 11. The summed E-state index contributed by atoms with van der Waals surface area (Å²) < 4.78 is 61.5. The molecule has 5 atom stereocenters. The summed E-state index contributed by atoms with van der Waals surface area (Å²) >= 11 is 12.3. The number of rotatable bonds is 10. The molecule has 2 rings (SSSR count). The molecule has 1 aromatic heterocycles. The molecule has 15 nitrogen and oxygen atoms in total. The highest BCUT2D eigenvalue weighted by atomic mass is 35.5. The van der Waals surface area contributed by atoms with E-state index in [1.807, 2.05) is 4.98 Å². The second-order valence-corrected chi connectivity index (χ2v) is 12.4. The molecule has 0 saturated carbocycles. The van der Waals surface area contributed by atoms with E-state index in [1.165, 1.54) is 0 Å². The fourth-order valence-corrected chi connectivity index (χ4v) is 6.69. The van der Waals surface area contributed by atoms with Crippen molar-refractivity contribution >= 4 is 46.7 Å². The van der Waals surface area contributed by atoms with Crippen LogP contribution in [-0.4, -0.2) is 50.6 Å². The monoisotopic (exact) mass is 548 g/mol. The lowest BCUT2D eigenvalue weighted by Crippen LogP contribution is -2.36. The Kier molecular flexibility index (Phi) is 8.55. The van der Waals surface area contributed by atoms with Crippen molar-refractivity contribution in [1.29, 1.82) is 0 Å². The van der Waals surface area contributed by atoms with Gasteiger partial charge in [-0.15, -0.1) is 0 Å². The van der Waals surface area contributed by atoms with E-state index in [2.05, 4.69) is 22.2 Å². The van der Waals surface area contributed by atoms with Gasteiger partial charge in [-0.3, -0.25) is 27.9 Å². The first-order valence-electron chi connectivity index (χ1n) is 7.91. The Bertz CT molecular complexity index is 1060. The topological polar surface area (TPSA) is 202 Å². The number of aromatic nitrogens is 2. The van der Waals surface area contributed by atoms with Crippen molar-refractivity contribution < 1.29 is 50.4 Å². The third-order valence-corrected chi connectivity index (χ3v) is 8.89. The number of phosphoric acid groups is 3. The minimum absolute atomic E-state index is 0.208. The molecule has 1 saturated heterocycles. The van der Waals surface area contributed by atoms with Crippen LogP contribution < -0.4 is 11.2 Å². The van der Waals surface area contributed by atoms with E-state index >= 15 is 0 Å². The lowest BCUT2D eigenvalue weighted by Gasteiger charge is -2.22. The molecular weight excluding hydrogens is 532 g/mol. The Balaban J connectivity index is 2.07. The van der Waals surface area contributed by atoms with Crippen molar-refractivity contribution in [1.82, 2.24) is 9.55 Å². The van der Waals surface area contributed by atoms with Gasteiger partial charge in [-0.2, -0.15) is 8.62 Å². The average Bonchev–Trinajstić information content (AvgIpc) is 2.93. The second kappa shape index (κ2) is 9.86. The lowest BCUT2D eigenvalue weighted by molar-refractivity contribution is -0.0260. The summed E-state index contributed by atoms with van der Waals surface area (Å²) in [7, 11) is -13.8. The average molecular weight is 549 g/mol. The van der Waals surface area contributed by atoms with Crippen LogP contribution in [0.1, 0.15) is 12.6 Å². The number of aromatic amines is 1. The van der Waals surface area contributed by atoms with E-state index < -0.39 is 58.0 Å². The highest BCUT2D eigenvalue weighted by Gasteiger charge is 2.49. The van der Waals surface area contributed by atoms with Crippen molar-refractivity contribution in [2.75, 3.05) is 20.8 Å². The third-order valence-electron chi connectivity index (χ3n) is 3.57. The second-order valence-electron chi connectivity index (χ2n) is 5.80. The van der Waals surface area contributed by atoms with Gasteiger partial charge >= 0.3 is 29.2 Å². The molecule has 1 aliphatic rings. The maximum Gasteiger partial charge on any atom is 0.492 e. The summed E-state index contributed by atoms with van der Waals surface area (Å²) in [6.07, 6.45) is -1.50. The molecule has 178 valence electrons. The Labute approximate surface area is 183 Å². The number of phosphoric ester groups is 2. The molecule has 1 fully saturated rings. The fourth-order valence-electron chi connectivity index (χ4n) is 2.28. The van der Waals surface area contributed by atoms with Gasteiger partial charge < -0.3 is 14.5 Å². The first-order valence-corrected chi connectivity index (χ1v) is 13.1. The first-order chi connectivity index (χ1) is 14.1. The molecule has 3 N–H and O–H groups in total. The Morgan fingerprint density at radius 1 is 1.19 bits per heavy atom. The van der Waals surface area contributed by atoms with Crippen LogP contribution in [0.4, 0.5) is 0 Å². The van der Waals surface area contributed by atoms with Gasteiger partial charge in [0.2, 0.25) is 0 Å². The minimum atomic E-state index is -5.21. The minimum Gasteiger partial charge on any atom is -0.349 e. The zero-order valence-corrected chi connectivity index (χ0v) is 19.8. The van der Waals surface area contributed by atoms with Gasteiger partial charge in [0.25, 0.3) is 5.56 Å². The van der Waals surface area contributed by atoms with Crippen LogP contribution in [-0.2, 0) is 40.6 Å². The molecule has 0 aromatic carbocycles. The van der Waals surface area contributed by atoms with E-state index in [0.29, 0.717) is 7.11 Å². The molecule has 0 amide bonds. The maximum atomic E-state index is 12.1. The Morgan fingerprint density at radius 3 is 2.35 bits per heavy atom. The normalized spacial score (nSPS) is 26.6. The summed E-state index contributed by atoms with van der Waals surface area (Å²) in [5.41, 5.74) is -1.54. The number of nitrogens with one attached hydrogen (secondary N) is 1. The molecule has 31 heavy (non-hydrogen) atoms. The summed E-state index contributed by atoms with van der Waals surface area (Å²) in [5, 5.41) is 0. The van der Waals surface area contributed by atoms with Gasteiger partial charge in [-0.25, -0.2) is 18.5 Å². The molecule has 0 spiro atoms. The van der Waals surface area contributed by atoms with Gasteiger partial charge in [0.05, 0.1) is 12.7 Å². The van der Waals surface area contributed by atoms with E-state index in [-0.39, 0.29) is 6.42 Å². The summed E-state index contributed by atoms with van der Waals surface area (Å²) in [6, 6.07) is 1.02. The quantitative estimate of drug-likeness (QED) is 0.281.